The summed E-state index contributed by atoms with van der Waals surface area (Å²) in [6.07, 6.45) is 11.8. The molecule has 0 unspecified atom stereocenters. The van der Waals surface area contributed by atoms with Gasteiger partial charge < -0.3 is 0 Å². The Kier molecular flexibility index (Phi) is 4.28. The largest absolute Gasteiger partial charge is 0.0628 e. The molecule has 1 aliphatic carbocycles. The lowest BCUT2D eigenvalue weighted by Crippen LogP contribution is -2.10. The Morgan fingerprint density at radius 3 is 2.23 bits per heavy atom. The summed E-state index contributed by atoms with van der Waals surface area (Å²) in [5, 5.41) is 0. The fourth-order valence-corrected chi connectivity index (χ4v) is 2.58. The molecule has 0 heterocycles. The smallest absolute Gasteiger partial charge is 0.0326 e. The van der Waals surface area contributed by atoms with Crippen molar-refractivity contribution >= 4 is 0 Å². The molecule has 0 radical (unpaired) electrons. The van der Waals surface area contributed by atoms with Gasteiger partial charge in [-0.2, -0.15) is 0 Å². The van der Waals surface area contributed by atoms with Gasteiger partial charge in [-0.1, -0.05) is 52.9 Å². The number of hydrogen-bond donors (Lipinski definition) is 0. The molecule has 0 nitrogen and oxygen atoms in total. The molecule has 0 amide bonds. The maximum atomic E-state index is 2.50. The Labute approximate surface area is 84.1 Å². The first kappa shape index (κ1) is 11.1. The molecule has 78 valence electrons. The van der Waals surface area contributed by atoms with Crippen molar-refractivity contribution < 1.29 is 0 Å². The average molecular weight is 182 g/mol. The third-order valence-corrected chi connectivity index (χ3v) is 3.62. The summed E-state index contributed by atoms with van der Waals surface area (Å²) in [6.45, 7) is 7.16. The van der Waals surface area contributed by atoms with Gasteiger partial charge in [-0.15, -0.1) is 0 Å². The maximum absolute atomic E-state index is 2.50. The molecule has 13 heavy (non-hydrogen) atoms. The lowest BCUT2D eigenvalue weighted by Gasteiger charge is -2.23. The number of hydrogen-bond acceptors (Lipinski definition) is 0. The van der Waals surface area contributed by atoms with Crippen molar-refractivity contribution in [1.29, 1.82) is 0 Å². The first-order valence-corrected chi connectivity index (χ1v) is 6.12. The zero-order valence-electron chi connectivity index (χ0n) is 9.73. The minimum atomic E-state index is 0.733. The van der Waals surface area contributed by atoms with E-state index in [0.29, 0.717) is 0 Å². The predicted octanol–water partition coefficient (Wildman–Crippen LogP) is 4.78. The van der Waals surface area contributed by atoms with Gasteiger partial charge in [0.25, 0.3) is 0 Å². The van der Waals surface area contributed by atoms with Crippen molar-refractivity contribution in [3.8, 4) is 0 Å². The summed E-state index contributed by atoms with van der Waals surface area (Å²) in [5.41, 5.74) is 0.733. The van der Waals surface area contributed by atoms with Crippen LogP contribution in [0.25, 0.3) is 0 Å². The van der Waals surface area contributed by atoms with E-state index in [2.05, 4.69) is 20.8 Å². The Morgan fingerprint density at radius 2 is 1.69 bits per heavy atom. The lowest BCUT2D eigenvalue weighted by atomic mass is 9.83. The van der Waals surface area contributed by atoms with Gasteiger partial charge in [0, 0.05) is 0 Å². The van der Waals surface area contributed by atoms with E-state index >= 15 is 0 Å². The van der Waals surface area contributed by atoms with Crippen LogP contribution in [0.15, 0.2) is 0 Å². The zero-order chi connectivity index (χ0) is 9.73. The highest BCUT2D eigenvalue weighted by atomic mass is 14.3. The van der Waals surface area contributed by atoms with Crippen LogP contribution in [0.2, 0.25) is 0 Å². The van der Waals surface area contributed by atoms with Crippen molar-refractivity contribution in [1.82, 2.24) is 0 Å². The highest BCUT2D eigenvalue weighted by Gasteiger charge is 2.27. The summed E-state index contributed by atoms with van der Waals surface area (Å²) < 4.78 is 0. The van der Waals surface area contributed by atoms with Crippen LogP contribution in [0.3, 0.4) is 0 Å². The van der Waals surface area contributed by atoms with Gasteiger partial charge in [0.2, 0.25) is 0 Å². The molecule has 0 bridgehead atoms. The van der Waals surface area contributed by atoms with Crippen molar-refractivity contribution in [2.45, 2.75) is 72.1 Å². The molecule has 0 aromatic rings. The molecule has 1 rings (SSSR count). The fraction of sp³-hybridized carbons (Fsp3) is 1.00. The van der Waals surface area contributed by atoms with E-state index in [1.807, 2.05) is 0 Å². The highest BCUT2D eigenvalue weighted by molar-refractivity contribution is 4.79. The molecular weight excluding hydrogens is 156 g/mol. The molecule has 0 aliphatic heterocycles. The van der Waals surface area contributed by atoms with E-state index in [1.165, 1.54) is 51.4 Å². The van der Waals surface area contributed by atoms with Crippen LogP contribution in [-0.4, -0.2) is 0 Å². The van der Waals surface area contributed by atoms with Crippen LogP contribution in [0.4, 0.5) is 0 Å². The van der Waals surface area contributed by atoms with Gasteiger partial charge >= 0.3 is 0 Å². The van der Waals surface area contributed by atoms with E-state index in [-0.39, 0.29) is 0 Å². The van der Waals surface area contributed by atoms with Crippen LogP contribution in [0, 0.1) is 11.3 Å². The predicted molar refractivity (Wildman–Crippen MR) is 59.9 cm³/mol. The Hall–Kier alpha value is 0. The van der Waals surface area contributed by atoms with Crippen molar-refractivity contribution in [3.05, 3.63) is 0 Å². The maximum Gasteiger partial charge on any atom is -0.0326 e. The van der Waals surface area contributed by atoms with Gasteiger partial charge in [0.1, 0.15) is 0 Å². The SMILES string of the molecule is CC(C)CCCCC1(C)CCCC1. The van der Waals surface area contributed by atoms with Gasteiger partial charge in [-0.05, 0) is 30.6 Å². The molecule has 0 saturated heterocycles. The number of unbranched alkanes of at least 4 members (excludes halogenated alkanes) is 1. The van der Waals surface area contributed by atoms with Crippen molar-refractivity contribution in [2.24, 2.45) is 11.3 Å². The minimum absolute atomic E-state index is 0.733. The fourth-order valence-electron chi connectivity index (χ4n) is 2.58. The summed E-state index contributed by atoms with van der Waals surface area (Å²) >= 11 is 0. The standard InChI is InChI=1S/C13H26/c1-12(2)8-4-5-9-13(3)10-6-7-11-13/h12H,4-11H2,1-3H3. The quantitative estimate of drug-likeness (QED) is 0.537. The second-order valence-corrected chi connectivity index (χ2v) is 5.66. The zero-order valence-corrected chi connectivity index (χ0v) is 9.73. The highest BCUT2D eigenvalue weighted by Crippen LogP contribution is 2.41. The van der Waals surface area contributed by atoms with E-state index in [9.17, 15) is 0 Å². The molecule has 0 spiro atoms. The molecule has 0 aromatic heterocycles. The van der Waals surface area contributed by atoms with Crippen LogP contribution in [0.5, 0.6) is 0 Å². The summed E-state index contributed by atoms with van der Waals surface area (Å²) in [7, 11) is 0. The first-order chi connectivity index (χ1) is 6.12. The Morgan fingerprint density at radius 1 is 1.08 bits per heavy atom. The monoisotopic (exact) mass is 182 g/mol. The van der Waals surface area contributed by atoms with E-state index < -0.39 is 0 Å². The van der Waals surface area contributed by atoms with E-state index in [1.54, 1.807) is 0 Å². The van der Waals surface area contributed by atoms with E-state index in [0.717, 1.165) is 11.3 Å². The Balaban J connectivity index is 2.04. The third kappa shape index (κ3) is 4.15. The second kappa shape index (κ2) is 5.02. The summed E-state index contributed by atoms with van der Waals surface area (Å²) in [4.78, 5) is 0. The molecular formula is C13H26. The van der Waals surface area contributed by atoms with Gasteiger partial charge in [0.15, 0.2) is 0 Å². The van der Waals surface area contributed by atoms with Crippen LogP contribution < -0.4 is 0 Å². The Bertz CT molecular complexity index is 129. The van der Waals surface area contributed by atoms with Gasteiger partial charge in [-0.3, -0.25) is 0 Å². The molecule has 0 N–H and O–H groups in total. The van der Waals surface area contributed by atoms with Crippen molar-refractivity contribution in [2.75, 3.05) is 0 Å². The molecule has 1 fully saturated rings. The molecule has 0 atom stereocenters. The average Bonchev–Trinajstić information content (AvgIpc) is 2.47. The normalized spacial score (nSPS) is 21.2. The van der Waals surface area contributed by atoms with Gasteiger partial charge in [0.05, 0.1) is 0 Å². The van der Waals surface area contributed by atoms with Crippen LogP contribution in [-0.2, 0) is 0 Å². The molecule has 1 aliphatic rings. The topological polar surface area (TPSA) is 0 Å². The van der Waals surface area contributed by atoms with Crippen LogP contribution in [0.1, 0.15) is 72.1 Å². The molecule has 0 heteroatoms. The summed E-state index contributed by atoms with van der Waals surface area (Å²) in [5.74, 6) is 0.899. The van der Waals surface area contributed by atoms with Gasteiger partial charge in [-0.25, -0.2) is 0 Å². The molecule has 0 aromatic carbocycles. The van der Waals surface area contributed by atoms with Crippen molar-refractivity contribution in [3.63, 3.8) is 0 Å². The summed E-state index contributed by atoms with van der Waals surface area (Å²) in [6, 6.07) is 0. The van der Waals surface area contributed by atoms with E-state index in [4.69, 9.17) is 0 Å². The van der Waals surface area contributed by atoms with Crippen LogP contribution >= 0.6 is 0 Å². The lowest BCUT2D eigenvalue weighted by molar-refractivity contribution is 0.292. The second-order valence-electron chi connectivity index (χ2n) is 5.66. The number of rotatable bonds is 5. The minimum Gasteiger partial charge on any atom is -0.0628 e. The molecule has 1 saturated carbocycles. The first-order valence-electron chi connectivity index (χ1n) is 6.12. The third-order valence-electron chi connectivity index (χ3n) is 3.62.